The SMILES string of the molecule is C[Si](C)(C)c1cc2cc(F)ccc2nc1CI. The molecule has 0 aliphatic heterocycles. The number of aromatic nitrogens is 1. The second-order valence-electron chi connectivity index (χ2n) is 5.20. The Morgan fingerprint density at radius 3 is 2.53 bits per heavy atom. The van der Waals surface area contributed by atoms with Gasteiger partial charge in [0, 0.05) is 9.81 Å². The molecule has 2 rings (SSSR count). The zero-order valence-corrected chi connectivity index (χ0v) is 13.4. The molecule has 1 aromatic carbocycles. The van der Waals surface area contributed by atoms with E-state index in [4.69, 9.17) is 0 Å². The van der Waals surface area contributed by atoms with Gasteiger partial charge >= 0.3 is 0 Å². The maximum Gasteiger partial charge on any atom is 0.123 e. The fraction of sp³-hybridized carbons (Fsp3) is 0.308. The van der Waals surface area contributed by atoms with E-state index in [9.17, 15) is 4.39 Å². The van der Waals surface area contributed by atoms with Crippen molar-refractivity contribution in [2.75, 3.05) is 0 Å². The van der Waals surface area contributed by atoms with Crippen LogP contribution in [0.25, 0.3) is 10.9 Å². The van der Waals surface area contributed by atoms with Crippen LogP contribution < -0.4 is 5.19 Å². The molecule has 0 aliphatic rings. The summed E-state index contributed by atoms with van der Waals surface area (Å²) in [6.45, 7) is 6.89. The van der Waals surface area contributed by atoms with Crippen molar-refractivity contribution >= 4 is 46.8 Å². The van der Waals surface area contributed by atoms with E-state index in [2.05, 4.69) is 53.3 Å². The summed E-state index contributed by atoms with van der Waals surface area (Å²) in [6.07, 6.45) is 0. The number of hydrogen-bond donors (Lipinski definition) is 0. The van der Waals surface area contributed by atoms with E-state index < -0.39 is 8.07 Å². The van der Waals surface area contributed by atoms with E-state index in [1.807, 2.05) is 0 Å². The topological polar surface area (TPSA) is 12.9 Å². The van der Waals surface area contributed by atoms with Gasteiger partial charge in [-0.3, -0.25) is 4.98 Å². The normalized spacial score (nSPS) is 12.1. The standard InChI is InChI=1S/C13H15FINSi/c1-17(2,3)13-7-9-6-10(14)4-5-11(9)16-12(13)8-15/h4-7H,8H2,1-3H3. The molecule has 1 heterocycles. The van der Waals surface area contributed by atoms with Crippen molar-refractivity contribution in [3.05, 3.63) is 35.8 Å². The molecule has 1 aromatic heterocycles. The van der Waals surface area contributed by atoms with E-state index >= 15 is 0 Å². The molecular formula is C13H15FINSi. The van der Waals surface area contributed by atoms with Crippen LogP contribution in [0.5, 0.6) is 0 Å². The molecule has 0 radical (unpaired) electrons. The molecule has 0 saturated carbocycles. The number of fused-ring (bicyclic) bond motifs is 1. The number of hydrogen-bond acceptors (Lipinski definition) is 1. The fourth-order valence-electron chi connectivity index (χ4n) is 1.94. The third-order valence-electron chi connectivity index (χ3n) is 2.79. The molecule has 0 unspecified atom stereocenters. The average Bonchev–Trinajstić information content (AvgIpc) is 2.26. The van der Waals surface area contributed by atoms with Gasteiger partial charge in [0.2, 0.25) is 0 Å². The molecule has 4 heteroatoms. The van der Waals surface area contributed by atoms with Gasteiger partial charge in [-0.05, 0) is 23.4 Å². The zero-order valence-electron chi connectivity index (χ0n) is 10.2. The van der Waals surface area contributed by atoms with Crippen LogP contribution in [0.15, 0.2) is 24.3 Å². The summed E-state index contributed by atoms with van der Waals surface area (Å²) in [5.41, 5.74) is 2.05. The highest BCUT2D eigenvalue weighted by Crippen LogP contribution is 2.17. The molecule has 17 heavy (non-hydrogen) atoms. The van der Waals surface area contributed by atoms with Gasteiger partial charge in [0.1, 0.15) is 5.82 Å². The Kier molecular flexibility index (Phi) is 3.54. The van der Waals surface area contributed by atoms with Crippen molar-refractivity contribution in [2.24, 2.45) is 0 Å². The molecule has 0 saturated heterocycles. The summed E-state index contributed by atoms with van der Waals surface area (Å²) in [7, 11) is -1.42. The highest BCUT2D eigenvalue weighted by Gasteiger charge is 2.21. The average molecular weight is 359 g/mol. The number of benzene rings is 1. The first kappa shape index (κ1) is 13.0. The molecule has 90 valence electrons. The number of alkyl halides is 1. The Bertz CT molecular complexity index is 563. The summed E-state index contributed by atoms with van der Waals surface area (Å²) in [5, 5.41) is 2.25. The van der Waals surface area contributed by atoms with Crippen LogP contribution in [0, 0.1) is 5.82 Å². The second kappa shape index (κ2) is 4.64. The molecule has 0 spiro atoms. The zero-order chi connectivity index (χ0) is 12.6. The van der Waals surface area contributed by atoms with Crippen molar-refractivity contribution < 1.29 is 4.39 Å². The maximum absolute atomic E-state index is 13.2. The summed E-state index contributed by atoms with van der Waals surface area (Å²) in [5.74, 6) is -0.192. The van der Waals surface area contributed by atoms with Crippen molar-refractivity contribution in [2.45, 2.75) is 24.1 Å². The van der Waals surface area contributed by atoms with Gasteiger partial charge in [0.05, 0.1) is 19.3 Å². The fourth-order valence-corrected chi connectivity index (χ4v) is 4.48. The van der Waals surface area contributed by atoms with E-state index in [-0.39, 0.29) is 5.82 Å². The summed E-state index contributed by atoms with van der Waals surface area (Å²) < 4.78 is 14.1. The van der Waals surface area contributed by atoms with E-state index in [1.54, 1.807) is 12.1 Å². The van der Waals surface area contributed by atoms with Gasteiger partial charge in [0.15, 0.2) is 0 Å². The monoisotopic (exact) mass is 359 g/mol. The van der Waals surface area contributed by atoms with Gasteiger partial charge in [-0.15, -0.1) is 0 Å². The molecular weight excluding hydrogens is 344 g/mol. The minimum atomic E-state index is -1.42. The highest BCUT2D eigenvalue weighted by molar-refractivity contribution is 14.1. The summed E-state index contributed by atoms with van der Waals surface area (Å²) in [4.78, 5) is 4.66. The summed E-state index contributed by atoms with van der Waals surface area (Å²) >= 11 is 2.34. The first-order valence-corrected chi connectivity index (χ1v) is 10.6. The number of rotatable bonds is 2. The molecule has 0 fully saturated rings. The van der Waals surface area contributed by atoms with Crippen molar-refractivity contribution in [1.29, 1.82) is 0 Å². The Morgan fingerprint density at radius 2 is 1.94 bits per heavy atom. The van der Waals surface area contributed by atoms with Crippen LogP contribution in [0.3, 0.4) is 0 Å². The second-order valence-corrected chi connectivity index (χ2v) is 11.0. The predicted molar refractivity (Wildman–Crippen MR) is 82.4 cm³/mol. The lowest BCUT2D eigenvalue weighted by atomic mass is 10.2. The Balaban J connectivity index is 2.74. The molecule has 0 amide bonds. The van der Waals surface area contributed by atoms with Crippen LogP contribution >= 0.6 is 22.6 Å². The molecule has 0 N–H and O–H groups in total. The number of nitrogens with zero attached hydrogens (tertiary/aromatic N) is 1. The van der Waals surface area contributed by atoms with E-state index in [0.29, 0.717) is 0 Å². The van der Waals surface area contributed by atoms with Gasteiger partial charge in [-0.25, -0.2) is 4.39 Å². The molecule has 0 aliphatic carbocycles. The van der Waals surface area contributed by atoms with Gasteiger partial charge in [-0.1, -0.05) is 48.3 Å². The number of halogens is 2. The summed E-state index contributed by atoms with van der Waals surface area (Å²) in [6, 6.07) is 6.93. The van der Waals surface area contributed by atoms with E-state index in [0.717, 1.165) is 21.0 Å². The van der Waals surface area contributed by atoms with Gasteiger partial charge in [0.25, 0.3) is 0 Å². The number of pyridine rings is 1. The van der Waals surface area contributed by atoms with E-state index in [1.165, 1.54) is 11.3 Å². The first-order chi connectivity index (χ1) is 7.91. The smallest absolute Gasteiger partial charge is 0.123 e. The third kappa shape index (κ3) is 2.68. The first-order valence-electron chi connectivity index (χ1n) is 5.57. The highest BCUT2D eigenvalue weighted by atomic mass is 127. The van der Waals surface area contributed by atoms with Gasteiger partial charge < -0.3 is 0 Å². The van der Waals surface area contributed by atoms with Crippen molar-refractivity contribution in [3.8, 4) is 0 Å². The van der Waals surface area contributed by atoms with Crippen molar-refractivity contribution in [1.82, 2.24) is 4.98 Å². The molecule has 2 aromatic rings. The third-order valence-corrected chi connectivity index (χ3v) is 5.56. The van der Waals surface area contributed by atoms with Crippen LogP contribution in [0.2, 0.25) is 19.6 Å². The van der Waals surface area contributed by atoms with Crippen LogP contribution in [-0.2, 0) is 4.43 Å². The van der Waals surface area contributed by atoms with Crippen LogP contribution in [-0.4, -0.2) is 13.1 Å². The Labute approximate surface area is 116 Å². The molecule has 0 atom stereocenters. The molecule has 1 nitrogen and oxygen atoms in total. The predicted octanol–water partition coefficient (Wildman–Crippen LogP) is 3.85. The quantitative estimate of drug-likeness (QED) is 0.451. The van der Waals surface area contributed by atoms with Crippen LogP contribution in [0.4, 0.5) is 4.39 Å². The van der Waals surface area contributed by atoms with Crippen LogP contribution in [0.1, 0.15) is 5.69 Å². The Morgan fingerprint density at radius 1 is 1.24 bits per heavy atom. The largest absolute Gasteiger partial charge is 0.252 e. The lowest BCUT2D eigenvalue weighted by Crippen LogP contribution is -2.40. The van der Waals surface area contributed by atoms with Gasteiger partial charge in [-0.2, -0.15) is 0 Å². The maximum atomic E-state index is 13.2. The Hall–Kier alpha value is -0.493. The molecule has 0 bridgehead atoms. The lowest BCUT2D eigenvalue weighted by molar-refractivity contribution is 0.629. The minimum Gasteiger partial charge on any atom is -0.252 e. The minimum absolute atomic E-state index is 0.192. The lowest BCUT2D eigenvalue weighted by Gasteiger charge is -2.20. The van der Waals surface area contributed by atoms with Crippen molar-refractivity contribution in [3.63, 3.8) is 0 Å².